The summed E-state index contributed by atoms with van der Waals surface area (Å²) in [5.41, 5.74) is 7.89. The van der Waals surface area contributed by atoms with Crippen molar-refractivity contribution in [2.75, 3.05) is 46.8 Å². The molecule has 0 bridgehead atoms. The molecule has 69 heavy (non-hydrogen) atoms. The number of aromatic amines is 1. The molecular weight excluding hydrogens is 873 g/mol. The molecule has 2 aliphatic carbocycles. The molecule has 372 valence electrons. The number of hydrogen-bond acceptors (Lipinski definition) is 12. The summed E-state index contributed by atoms with van der Waals surface area (Å²) < 4.78 is 27.7. The Kier molecular flexibility index (Phi) is 15.1. The zero-order valence-corrected chi connectivity index (χ0v) is 41.0. The summed E-state index contributed by atoms with van der Waals surface area (Å²) in [6, 6.07) is 18.5. The number of aromatic hydroxyl groups is 2. The third-order valence-electron chi connectivity index (χ3n) is 15.1. The second kappa shape index (κ2) is 21.2. The van der Waals surface area contributed by atoms with E-state index in [2.05, 4.69) is 59.0 Å². The smallest absolute Gasteiger partial charge is 0.161 e. The van der Waals surface area contributed by atoms with Crippen LogP contribution in [0.3, 0.4) is 0 Å². The lowest BCUT2D eigenvalue weighted by Gasteiger charge is -2.48. The van der Waals surface area contributed by atoms with E-state index in [1.807, 2.05) is 37.4 Å². The Hall–Kier alpha value is -4.86. The standard InChI is InChI=1S/C56H74N4O9/c1-34(2)27-55(3,65)30-57-32-58-31-56(67-33-60-40-10-6-5-7-11-40)28-47-46-24-38(22-35-12-17-48-36(21-35)18-19-59-48)45-26-41(63)13-15-43(45)50(46)53-44(16-14-42(29-62)68-53)52(47)69-54(56)39-23-37(9-8-20-61)51(64)49(25-39)66-4/h12-13,15,17-19,21,23,25-26,34,38,40,42,54,57-65H,5-11,14,16,20,22,24,27-33H2,1-4H3. The number of phenols is 2. The molecule has 3 heterocycles. The van der Waals surface area contributed by atoms with Crippen LogP contribution in [0.5, 0.6) is 28.7 Å². The number of aryl methyl sites for hydroxylation is 1. The van der Waals surface area contributed by atoms with Gasteiger partial charge in [-0.2, -0.15) is 0 Å². The van der Waals surface area contributed by atoms with Crippen molar-refractivity contribution in [3.63, 3.8) is 0 Å². The van der Waals surface area contributed by atoms with Crippen LogP contribution in [0.25, 0.3) is 22.0 Å². The van der Waals surface area contributed by atoms with Gasteiger partial charge in [0.25, 0.3) is 0 Å². The molecule has 0 amide bonds. The van der Waals surface area contributed by atoms with E-state index in [1.165, 1.54) is 24.8 Å². The lowest BCUT2D eigenvalue weighted by Crippen LogP contribution is -2.56. The summed E-state index contributed by atoms with van der Waals surface area (Å²) in [7, 11) is 1.55. The molecule has 5 aromatic rings. The molecule has 0 radical (unpaired) electrons. The molecule has 5 atom stereocenters. The fourth-order valence-corrected chi connectivity index (χ4v) is 11.9. The van der Waals surface area contributed by atoms with Gasteiger partial charge in [0.15, 0.2) is 17.6 Å². The summed E-state index contributed by atoms with van der Waals surface area (Å²) in [5, 5.41) is 66.3. The molecule has 5 unspecified atom stereocenters. The number of ether oxygens (including phenoxy) is 4. The van der Waals surface area contributed by atoms with Crippen molar-refractivity contribution in [2.45, 2.75) is 140 Å². The van der Waals surface area contributed by atoms with Gasteiger partial charge in [-0.3, -0.25) is 5.32 Å². The second-order valence-electron chi connectivity index (χ2n) is 21.0. The first kappa shape index (κ1) is 49.1. The number of aromatic nitrogens is 1. The molecule has 1 fully saturated rings. The number of hydrogen-bond donors (Lipinski definition) is 9. The third kappa shape index (κ3) is 10.6. The number of nitrogens with one attached hydrogen (secondary N) is 4. The van der Waals surface area contributed by atoms with Crippen molar-refractivity contribution < 1.29 is 44.5 Å². The Labute approximate surface area is 406 Å². The van der Waals surface area contributed by atoms with Gasteiger partial charge >= 0.3 is 0 Å². The predicted molar refractivity (Wildman–Crippen MR) is 269 cm³/mol. The Morgan fingerprint density at radius 2 is 1.77 bits per heavy atom. The van der Waals surface area contributed by atoms with E-state index in [9.17, 15) is 25.5 Å². The molecule has 9 rings (SSSR count). The Bertz CT molecular complexity index is 2570. The van der Waals surface area contributed by atoms with E-state index in [4.69, 9.17) is 18.9 Å². The number of fused-ring (bicyclic) bond motifs is 9. The summed E-state index contributed by atoms with van der Waals surface area (Å²) >= 11 is 0. The number of aliphatic hydroxyl groups excluding tert-OH is 2. The van der Waals surface area contributed by atoms with Crippen molar-refractivity contribution in [2.24, 2.45) is 5.92 Å². The monoisotopic (exact) mass is 947 g/mol. The predicted octanol–water partition coefficient (Wildman–Crippen LogP) is 7.99. The second-order valence-corrected chi connectivity index (χ2v) is 21.0. The Balaban J connectivity index is 1.20. The quantitative estimate of drug-likeness (QED) is 0.0271. The molecule has 4 aromatic carbocycles. The molecule has 1 aromatic heterocycles. The highest BCUT2D eigenvalue weighted by Gasteiger charge is 2.50. The molecule has 9 N–H and O–H groups in total. The maximum Gasteiger partial charge on any atom is 0.161 e. The van der Waals surface area contributed by atoms with E-state index in [1.54, 1.807) is 13.2 Å². The molecule has 0 spiro atoms. The van der Waals surface area contributed by atoms with Crippen LogP contribution >= 0.6 is 0 Å². The zero-order valence-electron chi connectivity index (χ0n) is 41.0. The minimum absolute atomic E-state index is 0.00669. The summed E-state index contributed by atoms with van der Waals surface area (Å²) in [5.74, 6) is 2.36. The normalized spacial score (nSPS) is 22.0. The average Bonchev–Trinajstić information content (AvgIpc) is 3.81. The number of phenolic OH excluding ortho intramolecular Hbond substituents is 2. The number of methoxy groups -OCH3 is 1. The molecule has 0 saturated heterocycles. The van der Waals surface area contributed by atoms with Gasteiger partial charge in [-0.1, -0.05) is 45.2 Å². The topological polar surface area (TPSA) is 190 Å². The van der Waals surface area contributed by atoms with Crippen molar-refractivity contribution in [1.29, 1.82) is 0 Å². The third-order valence-corrected chi connectivity index (χ3v) is 15.1. The molecule has 4 aliphatic rings. The van der Waals surface area contributed by atoms with Gasteiger partial charge in [-0.25, -0.2) is 0 Å². The van der Waals surface area contributed by atoms with Crippen LogP contribution in [-0.2, 0) is 36.8 Å². The highest BCUT2D eigenvalue weighted by atomic mass is 16.6. The maximum atomic E-state index is 11.5. The van der Waals surface area contributed by atoms with Crippen LogP contribution in [-0.4, -0.2) is 101 Å². The van der Waals surface area contributed by atoms with Crippen LogP contribution < -0.4 is 30.2 Å². The fourth-order valence-electron chi connectivity index (χ4n) is 11.9. The van der Waals surface area contributed by atoms with E-state index in [0.29, 0.717) is 93.7 Å². The van der Waals surface area contributed by atoms with Gasteiger partial charge in [0.2, 0.25) is 0 Å². The van der Waals surface area contributed by atoms with Gasteiger partial charge in [0, 0.05) is 67.2 Å². The molecular formula is C56H74N4O9. The summed E-state index contributed by atoms with van der Waals surface area (Å²) in [6.07, 6.45) is 11.2. The first-order valence-electron chi connectivity index (χ1n) is 25.4. The van der Waals surface area contributed by atoms with Crippen LogP contribution in [0, 0.1) is 5.92 Å². The minimum Gasteiger partial charge on any atom is -0.508 e. The zero-order chi connectivity index (χ0) is 48.3. The SMILES string of the molecule is COc1cc(C2Oc3c(c4c(c5c3CCC(CO)O5)-c3ccc(O)cc3C(Cc3ccc5[nH]ccc5c3)C4)CC2(CNCNCC(C)(O)CC(C)C)OCNC2CCCCC2)cc(CCCO)c1O. The Morgan fingerprint density at radius 3 is 2.55 bits per heavy atom. The number of H-pyrrole nitrogens is 1. The highest BCUT2D eigenvalue weighted by Crippen LogP contribution is 2.58. The van der Waals surface area contributed by atoms with Crippen molar-refractivity contribution >= 4 is 10.9 Å². The average molecular weight is 947 g/mol. The fraction of sp³-hybridized carbons (Fsp3) is 0.536. The van der Waals surface area contributed by atoms with Crippen molar-refractivity contribution in [1.82, 2.24) is 20.9 Å². The van der Waals surface area contributed by atoms with Crippen molar-refractivity contribution in [3.05, 3.63) is 99.7 Å². The lowest BCUT2D eigenvalue weighted by atomic mass is 9.70. The van der Waals surface area contributed by atoms with Crippen LogP contribution in [0.4, 0.5) is 0 Å². The van der Waals surface area contributed by atoms with Crippen LogP contribution in [0.2, 0.25) is 0 Å². The van der Waals surface area contributed by atoms with Crippen LogP contribution in [0.1, 0.15) is 123 Å². The van der Waals surface area contributed by atoms with Gasteiger partial charge in [0.05, 0.1) is 26.0 Å². The molecule has 1 saturated carbocycles. The van der Waals surface area contributed by atoms with Crippen LogP contribution in [0.15, 0.2) is 60.8 Å². The Morgan fingerprint density at radius 1 is 0.928 bits per heavy atom. The van der Waals surface area contributed by atoms with Gasteiger partial charge in [0.1, 0.15) is 29.0 Å². The molecule has 2 aliphatic heterocycles. The summed E-state index contributed by atoms with van der Waals surface area (Å²) in [6.45, 7) is 7.40. The molecule has 13 nitrogen and oxygen atoms in total. The van der Waals surface area contributed by atoms with E-state index < -0.39 is 23.4 Å². The number of aliphatic hydroxyl groups is 3. The van der Waals surface area contributed by atoms with Gasteiger partial charge in [-0.15, -0.1) is 0 Å². The van der Waals surface area contributed by atoms with E-state index >= 15 is 0 Å². The number of benzene rings is 4. The minimum atomic E-state index is -1.04. The largest absolute Gasteiger partial charge is 0.508 e. The van der Waals surface area contributed by atoms with E-state index in [-0.39, 0.29) is 37.4 Å². The highest BCUT2D eigenvalue weighted by molar-refractivity contribution is 5.85. The van der Waals surface area contributed by atoms with E-state index in [0.717, 1.165) is 74.9 Å². The summed E-state index contributed by atoms with van der Waals surface area (Å²) in [4.78, 5) is 3.32. The van der Waals surface area contributed by atoms with Gasteiger partial charge in [-0.05, 0) is 158 Å². The van der Waals surface area contributed by atoms with Gasteiger partial charge < -0.3 is 60.1 Å². The first-order valence-corrected chi connectivity index (χ1v) is 25.4. The first-order chi connectivity index (χ1) is 33.4. The molecule has 13 heteroatoms. The number of rotatable bonds is 20. The van der Waals surface area contributed by atoms with Crippen molar-refractivity contribution in [3.8, 4) is 39.9 Å². The maximum absolute atomic E-state index is 11.5. The lowest BCUT2D eigenvalue weighted by molar-refractivity contribution is -0.132.